The predicted molar refractivity (Wildman–Crippen MR) is 91.9 cm³/mol. The molecule has 2 N–H and O–H groups in total. The molecular formula is C18H16FN3O3. The van der Waals surface area contributed by atoms with E-state index in [4.69, 9.17) is 0 Å². The van der Waals surface area contributed by atoms with Crippen LogP contribution in [0.5, 0.6) is 0 Å². The molecule has 3 rings (SSSR count). The maximum Gasteiger partial charge on any atom is 0.329 e. The number of halogens is 1. The summed E-state index contributed by atoms with van der Waals surface area (Å²) in [6.07, 6.45) is 0.347. The molecule has 0 saturated heterocycles. The van der Waals surface area contributed by atoms with Crippen molar-refractivity contribution in [1.82, 2.24) is 14.9 Å². The number of rotatable bonds is 5. The van der Waals surface area contributed by atoms with Crippen molar-refractivity contribution in [2.24, 2.45) is 0 Å². The van der Waals surface area contributed by atoms with Crippen LogP contribution in [0.15, 0.2) is 58.1 Å². The van der Waals surface area contributed by atoms with Crippen molar-refractivity contribution in [3.05, 3.63) is 80.7 Å². The zero-order valence-electron chi connectivity index (χ0n) is 13.3. The highest BCUT2D eigenvalue weighted by Gasteiger charge is 2.10. The van der Waals surface area contributed by atoms with Gasteiger partial charge in [0.1, 0.15) is 12.4 Å². The van der Waals surface area contributed by atoms with Crippen LogP contribution in [0.4, 0.5) is 4.39 Å². The van der Waals surface area contributed by atoms with Crippen LogP contribution in [0.25, 0.3) is 10.9 Å². The fourth-order valence-electron chi connectivity index (χ4n) is 2.64. The van der Waals surface area contributed by atoms with Crippen LogP contribution < -0.4 is 16.6 Å². The molecule has 0 saturated carbocycles. The van der Waals surface area contributed by atoms with E-state index in [9.17, 15) is 18.8 Å². The molecule has 0 fully saturated rings. The van der Waals surface area contributed by atoms with E-state index >= 15 is 0 Å². The third-order valence-corrected chi connectivity index (χ3v) is 3.88. The number of benzene rings is 2. The lowest BCUT2D eigenvalue weighted by Crippen LogP contribution is -2.37. The Morgan fingerprint density at radius 2 is 1.80 bits per heavy atom. The molecule has 6 nitrogen and oxygen atoms in total. The third kappa shape index (κ3) is 3.65. The first-order valence-corrected chi connectivity index (χ1v) is 7.78. The third-order valence-electron chi connectivity index (χ3n) is 3.88. The Balaban J connectivity index is 1.72. The summed E-state index contributed by atoms with van der Waals surface area (Å²) < 4.78 is 14.7. The minimum Gasteiger partial charge on any atom is -0.354 e. The maximum atomic E-state index is 13.5. The second-order valence-corrected chi connectivity index (χ2v) is 5.55. The fraction of sp³-hybridized carbons (Fsp3) is 0.167. The quantitative estimate of drug-likeness (QED) is 0.731. The molecule has 0 aliphatic heterocycles. The van der Waals surface area contributed by atoms with Gasteiger partial charge in [-0.3, -0.25) is 19.1 Å². The summed E-state index contributed by atoms with van der Waals surface area (Å²) in [7, 11) is 0. The van der Waals surface area contributed by atoms with Gasteiger partial charge in [-0.2, -0.15) is 0 Å². The van der Waals surface area contributed by atoms with E-state index in [0.29, 0.717) is 22.9 Å². The standard InChI is InChI=1S/C18H16FN3O3/c19-14-7-3-1-5-12(14)9-10-20-16(23)11-22-15-8-4-2-6-13(15)17(24)21-18(22)25/h1-8H,9-11H2,(H,20,23)(H,21,24,25). The number of aromatic amines is 1. The van der Waals surface area contributed by atoms with E-state index in [1.54, 1.807) is 42.5 Å². The largest absolute Gasteiger partial charge is 0.354 e. The summed E-state index contributed by atoms with van der Waals surface area (Å²) in [6, 6.07) is 12.9. The van der Waals surface area contributed by atoms with E-state index in [1.165, 1.54) is 10.6 Å². The SMILES string of the molecule is O=C(Cn1c(=O)[nH]c(=O)c2ccccc21)NCCc1ccccc1F. The van der Waals surface area contributed by atoms with Crippen molar-refractivity contribution in [2.75, 3.05) is 6.54 Å². The normalized spacial score (nSPS) is 10.8. The molecule has 0 spiro atoms. The zero-order valence-corrected chi connectivity index (χ0v) is 13.3. The van der Waals surface area contributed by atoms with Gasteiger partial charge in [-0.25, -0.2) is 9.18 Å². The molecule has 0 radical (unpaired) electrons. The van der Waals surface area contributed by atoms with Gasteiger partial charge in [-0.15, -0.1) is 0 Å². The number of carbonyl (C=O) groups excluding carboxylic acids is 1. The summed E-state index contributed by atoms with van der Waals surface area (Å²) >= 11 is 0. The lowest BCUT2D eigenvalue weighted by molar-refractivity contribution is -0.121. The average molecular weight is 341 g/mol. The van der Waals surface area contributed by atoms with Crippen LogP contribution in [0.3, 0.4) is 0 Å². The maximum absolute atomic E-state index is 13.5. The van der Waals surface area contributed by atoms with Gasteiger partial charge >= 0.3 is 5.69 Å². The highest BCUT2D eigenvalue weighted by atomic mass is 19.1. The van der Waals surface area contributed by atoms with Crippen LogP contribution in [0.1, 0.15) is 5.56 Å². The van der Waals surface area contributed by atoms with Crippen molar-refractivity contribution in [2.45, 2.75) is 13.0 Å². The highest BCUT2D eigenvalue weighted by Crippen LogP contribution is 2.07. The van der Waals surface area contributed by atoms with Gasteiger partial charge in [0.2, 0.25) is 5.91 Å². The lowest BCUT2D eigenvalue weighted by atomic mass is 10.1. The second kappa shape index (κ2) is 7.12. The topological polar surface area (TPSA) is 84.0 Å². The van der Waals surface area contributed by atoms with E-state index in [1.807, 2.05) is 0 Å². The molecular weight excluding hydrogens is 325 g/mol. The first kappa shape index (κ1) is 16.6. The van der Waals surface area contributed by atoms with E-state index in [-0.39, 0.29) is 18.9 Å². The molecule has 0 atom stereocenters. The van der Waals surface area contributed by atoms with Crippen molar-refractivity contribution in [3.8, 4) is 0 Å². The van der Waals surface area contributed by atoms with Crippen molar-refractivity contribution in [1.29, 1.82) is 0 Å². The Hall–Kier alpha value is -3.22. The molecule has 0 aliphatic carbocycles. The molecule has 7 heteroatoms. The summed E-state index contributed by atoms with van der Waals surface area (Å²) in [6.45, 7) is 0.0171. The van der Waals surface area contributed by atoms with Crippen LogP contribution in [0, 0.1) is 5.82 Å². The predicted octanol–water partition coefficient (Wildman–Crippen LogP) is 1.19. The van der Waals surface area contributed by atoms with Gasteiger partial charge in [-0.1, -0.05) is 30.3 Å². The summed E-state index contributed by atoms with van der Waals surface area (Å²) in [5.41, 5.74) is -0.236. The first-order valence-electron chi connectivity index (χ1n) is 7.78. The molecule has 25 heavy (non-hydrogen) atoms. The first-order chi connectivity index (χ1) is 12.1. The zero-order chi connectivity index (χ0) is 17.8. The Bertz CT molecular complexity index is 1040. The smallest absolute Gasteiger partial charge is 0.329 e. The number of nitrogens with one attached hydrogen (secondary N) is 2. The average Bonchev–Trinajstić information content (AvgIpc) is 2.60. The highest BCUT2D eigenvalue weighted by molar-refractivity contribution is 5.81. The number of carbonyl (C=O) groups is 1. The van der Waals surface area contributed by atoms with Gasteiger partial charge < -0.3 is 5.32 Å². The Morgan fingerprint density at radius 1 is 1.08 bits per heavy atom. The number of fused-ring (bicyclic) bond motifs is 1. The van der Waals surface area contributed by atoms with Crippen LogP contribution in [-0.4, -0.2) is 22.0 Å². The van der Waals surface area contributed by atoms with Gasteiger partial charge in [0.15, 0.2) is 0 Å². The lowest BCUT2D eigenvalue weighted by Gasteiger charge is -2.10. The number of H-pyrrole nitrogens is 1. The summed E-state index contributed by atoms with van der Waals surface area (Å²) in [5, 5.41) is 2.99. The molecule has 1 amide bonds. The molecule has 1 heterocycles. The van der Waals surface area contributed by atoms with Gasteiger partial charge in [0.25, 0.3) is 5.56 Å². The number of nitrogens with zero attached hydrogens (tertiary/aromatic N) is 1. The van der Waals surface area contributed by atoms with Gasteiger partial charge in [-0.05, 0) is 30.2 Å². The van der Waals surface area contributed by atoms with Crippen molar-refractivity contribution in [3.63, 3.8) is 0 Å². The molecule has 0 unspecified atom stereocenters. The second-order valence-electron chi connectivity index (χ2n) is 5.55. The molecule has 3 aromatic rings. The van der Waals surface area contributed by atoms with E-state index < -0.39 is 17.2 Å². The number of amides is 1. The van der Waals surface area contributed by atoms with Crippen molar-refractivity contribution >= 4 is 16.8 Å². The molecule has 0 aliphatic rings. The van der Waals surface area contributed by atoms with E-state index in [2.05, 4.69) is 10.3 Å². The monoisotopic (exact) mass is 341 g/mol. The van der Waals surface area contributed by atoms with Crippen LogP contribution in [0.2, 0.25) is 0 Å². The van der Waals surface area contributed by atoms with Gasteiger partial charge in [0, 0.05) is 6.54 Å². The summed E-state index contributed by atoms with van der Waals surface area (Å²) in [5.74, 6) is -0.713. The number of para-hydroxylation sites is 1. The van der Waals surface area contributed by atoms with Crippen LogP contribution >= 0.6 is 0 Å². The number of hydrogen-bond acceptors (Lipinski definition) is 3. The number of hydrogen-bond donors (Lipinski definition) is 2. The molecule has 1 aromatic heterocycles. The minimum atomic E-state index is -0.645. The number of aromatic nitrogens is 2. The Labute approximate surface area is 141 Å². The minimum absolute atomic E-state index is 0.229. The van der Waals surface area contributed by atoms with Gasteiger partial charge in [0.05, 0.1) is 10.9 Å². The molecule has 128 valence electrons. The van der Waals surface area contributed by atoms with Crippen molar-refractivity contribution < 1.29 is 9.18 Å². The summed E-state index contributed by atoms with van der Waals surface area (Å²) in [4.78, 5) is 38.1. The molecule has 2 aromatic carbocycles. The Kier molecular flexibility index (Phi) is 4.74. The van der Waals surface area contributed by atoms with E-state index in [0.717, 1.165) is 0 Å². The fourth-order valence-corrected chi connectivity index (χ4v) is 2.64. The van der Waals surface area contributed by atoms with Crippen LogP contribution in [-0.2, 0) is 17.8 Å². The molecule has 0 bridgehead atoms. The Morgan fingerprint density at radius 3 is 2.60 bits per heavy atom.